The average Bonchev–Trinajstić information content (AvgIpc) is 2.51. The van der Waals surface area contributed by atoms with Gasteiger partial charge in [-0.3, -0.25) is 0 Å². The highest BCUT2D eigenvalue weighted by Crippen LogP contribution is 2.17. The van der Waals surface area contributed by atoms with Crippen LogP contribution in [-0.4, -0.2) is 57.2 Å². The zero-order valence-electron chi connectivity index (χ0n) is 15.6. The molecule has 1 aromatic rings. The van der Waals surface area contributed by atoms with Gasteiger partial charge < -0.3 is 20.3 Å². The average molecular weight is 448 g/mol. The van der Waals surface area contributed by atoms with E-state index in [1.54, 1.807) is 0 Å². The molecule has 0 bridgehead atoms. The van der Waals surface area contributed by atoms with E-state index in [2.05, 4.69) is 54.5 Å². The topological polar surface area (TPSA) is 48.9 Å². The van der Waals surface area contributed by atoms with Gasteiger partial charge in [0.05, 0.1) is 6.54 Å². The first-order valence-electron chi connectivity index (χ1n) is 8.42. The van der Waals surface area contributed by atoms with Crippen LogP contribution in [0.4, 0.5) is 0 Å². The number of nitrogens with one attached hydrogen (secondary N) is 2. The summed E-state index contributed by atoms with van der Waals surface area (Å²) in [6, 6.07) is 8.07. The van der Waals surface area contributed by atoms with Gasteiger partial charge in [0.1, 0.15) is 11.9 Å². The number of para-hydroxylation sites is 1. The minimum atomic E-state index is 0. The molecule has 0 heterocycles. The molecule has 24 heavy (non-hydrogen) atoms. The first-order valence-corrected chi connectivity index (χ1v) is 8.42. The summed E-state index contributed by atoms with van der Waals surface area (Å²) >= 11 is 0. The highest BCUT2D eigenvalue weighted by Gasteiger charge is 2.06. The van der Waals surface area contributed by atoms with E-state index in [1.807, 2.05) is 25.1 Å². The molecular formula is C18H33IN4O. The molecule has 2 N–H and O–H groups in total. The van der Waals surface area contributed by atoms with Crippen LogP contribution >= 0.6 is 24.0 Å². The van der Waals surface area contributed by atoms with Crippen molar-refractivity contribution in [1.29, 1.82) is 0 Å². The van der Waals surface area contributed by atoms with Crippen LogP contribution < -0.4 is 15.4 Å². The number of benzene rings is 1. The Bertz CT molecular complexity index is 480. The highest BCUT2D eigenvalue weighted by atomic mass is 127. The lowest BCUT2D eigenvalue weighted by atomic mass is 10.2. The molecule has 1 aromatic carbocycles. The molecule has 0 saturated heterocycles. The van der Waals surface area contributed by atoms with E-state index < -0.39 is 0 Å². The number of aliphatic imine (C=N–C) groups is 1. The molecule has 0 aromatic heterocycles. The van der Waals surface area contributed by atoms with Crippen LogP contribution in [0.1, 0.15) is 25.8 Å². The van der Waals surface area contributed by atoms with E-state index in [0.717, 1.165) is 43.3 Å². The van der Waals surface area contributed by atoms with Gasteiger partial charge in [0.15, 0.2) is 5.96 Å². The summed E-state index contributed by atoms with van der Waals surface area (Å²) in [7, 11) is 4.17. The minimum absolute atomic E-state index is 0. The van der Waals surface area contributed by atoms with Crippen molar-refractivity contribution in [3.8, 4) is 5.75 Å². The van der Waals surface area contributed by atoms with E-state index in [4.69, 9.17) is 4.74 Å². The Morgan fingerprint density at radius 1 is 1.25 bits per heavy atom. The Balaban J connectivity index is 0.00000529. The quantitative estimate of drug-likeness (QED) is 0.264. The lowest BCUT2D eigenvalue weighted by Gasteiger charge is -2.16. The lowest BCUT2D eigenvalue weighted by molar-refractivity contribution is 0.228. The number of halogens is 1. The highest BCUT2D eigenvalue weighted by molar-refractivity contribution is 14.0. The molecule has 1 atom stereocenters. The maximum atomic E-state index is 5.96. The Morgan fingerprint density at radius 2 is 1.96 bits per heavy atom. The van der Waals surface area contributed by atoms with E-state index >= 15 is 0 Å². The standard InChI is InChI=1S/C18H32N4O.HI/c1-6-19-18(20-12-9-13-22(4)5)21-14-16(3)23-17-11-8-7-10-15(17)2;/h7-8,10-11,16H,6,9,12-14H2,1-5H3,(H2,19,20,21);1H. The van der Waals surface area contributed by atoms with Crippen molar-refractivity contribution in [2.45, 2.75) is 33.3 Å². The second-order valence-corrected chi connectivity index (χ2v) is 6.00. The van der Waals surface area contributed by atoms with E-state index in [1.165, 1.54) is 0 Å². The van der Waals surface area contributed by atoms with Gasteiger partial charge in [-0.05, 0) is 59.5 Å². The fourth-order valence-electron chi connectivity index (χ4n) is 2.11. The van der Waals surface area contributed by atoms with Gasteiger partial charge in [-0.2, -0.15) is 0 Å². The van der Waals surface area contributed by atoms with Crippen molar-refractivity contribution in [1.82, 2.24) is 15.5 Å². The van der Waals surface area contributed by atoms with Gasteiger partial charge in [0.2, 0.25) is 0 Å². The fraction of sp³-hybridized carbons (Fsp3) is 0.611. The van der Waals surface area contributed by atoms with Gasteiger partial charge >= 0.3 is 0 Å². The van der Waals surface area contributed by atoms with Crippen molar-refractivity contribution < 1.29 is 4.74 Å². The zero-order chi connectivity index (χ0) is 17.1. The van der Waals surface area contributed by atoms with Crippen molar-refractivity contribution >= 4 is 29.9 Å². The van der Waals surface area contributed by atoms with Crippen molar-refractivity contribution in [2.75, 3.05) is 40.3 Å². The van der Waals surface area contributed by atoms with E-state index in [9.17, 15) is 0 Å². The van der Waals surface area contributed by atoms with E-state index in [-0.39, 0.29) is 30.1 Å². The van der Waals surface area contributed by atoms with Crippen LogP contribution in [0.15, 0.2) is 29.3 Å². The first-order chi connectivity index (χ1) is 11.0. The molecule has 1 rings (SSSR count). The van der Waals surface area contributed by atoms with Crippen LogP contribution in [0, 0.1) is 6.92 Å². The molecule has 0 aliphatic heterocycles. The third-order valence-corrected chi connectivity index (χ3v) is 3.35. The van der Waals surface area contributed by atoms with Crippen molar-refractivity contribution in [3.63, 3.8) is 0 Å². The van der Waals surface area contributed by atoms with Gasteiger partial charge in [0.25, 0.3) is 0 Å². The predicted molar refractivity (Wildman–Crippen MR) is 114 cm³/mol. The van der Waals surface area contributed by atoms with Crippen LogP contribution in [0.5, 0.6) is 5.75 Å². The monoisotopic (exact) mass is 448 g/mol. The second kappa shape index (κ2) is 13.3. The third kappa shape index (κ3) is 9.97. The van der Waals surface area contributed by atoms with Crippen LogP contribution in [-0.2, 0) is 0 Å². The summed E-state index contributed by atoms with van der Waals surface area (Å²) in [4.78, 5) is 6.80. The number of ether oxygens (including phenoxy) is 1. The molecule has 0 radical (unpaired) electrons. The molecule has 0 aliphatic carbocycles. The number of hydrogen-bond acceptors (Lipinski definition) is 3. The largest absolute Gasteiger partial charge is 0.489 e. The molecule has 0 spiro atoms. The number of aryl methyl sites for hydroxylation is 1. The van der Waals surface area contributed by atoms with Crippen molar-refractivity contribution in [2.24, 2.45) is 4.99 Å². The summed E-state index contributed by atoms with van der Waals surface area (Å²) in [5, 5.41) is 6.63. The molecule has 0 fully saturated rings. The predicted octanol–water partition coefficient (Wildman–Crippen LogP) is 2.89. The van der Waals surface area contributed by atoms with Gasteiger partial charge in [-0.25, -0.2) is 4.99 Å². The minimum Gasteiger partial charge on any atom is -0.489 e. The first kappa shape index (κ1) is 23.0. The van der Waals surface area contributed by atoms with Crippen LogP contribution in [0.3, 0.4) is 0 Å². The summed E-state index contributed by atoms with van der Waals surface area (Å²) in [5.74, 6) is 1.78. The molecule has 6 heteroatoms. The lowest BCUT2D eigenvalue weighted by Crippen LogP contribution is -2.39. The zero-order valence-corrected chi connectivity index (χ0v) is 18.0. The SMILES string of the molecule is CCNC(=NCC(C)Oc1ccccc1C)NCCCN(C)C.I. The molecule has 5 nitrogen and oxygen atoms in total. The molecule has 0 aliphatic rings. The number of nitrogens with zero attached hydrogens (tertiary/aromatic N) is 2. The molecule has 138 valence electrons. The summed E-state index contributed by atoms with van der Waals surface area (Å²) < 4.78 is 5.96. The third-order valence-electron chi connectivity index (χ3n) is 3.35. The Labute approximate surface area is 164 Å². The molecule has 1 unspecified atom stereocenters. The number of guanidine groups is 1. The maximum Gasteiger partial charge on any atom is 0.191 e. The van der Waals surface area contributed by atoms with E-state index in [0.29, 0.717) is 6.54 Å². The summed E-state index contributed by atoms with van der Waals surface area (Å²) in [6.07, 6.45) is 1.13. The Hall–Kier alpha value is -1.02. The fourth-order valence-corrected chi connectivity index (χ4v) is 2.11. The maximum absolute atomic E-state index is 5.96. The molecular weight excluding hydrogens is 415 g/mol. The Morgan fingerprint density at radius 3 is 2.58 bits per heavy atom. The van der Waals surface area contributed by atoms with Gasteiger partial charge in [0, 0.05) is 13.1 Å². The van der Waals surface area contributed by atoms with Crippen LogP contribution in [0.2, 0.25) is 0 Å². The summed E-state index contributed by atoms with van der Waals surface area (Å²) in [5.41, 5.74) is 1.15. The Kier molecular flexibility index (Phi) is 12.7. The van der Waals surface area contributed by atoms with Crippen molar-refractivity contribution in [3.05, 3.63) is 29.8 Å². The molecule has 0 saturated carbocycles. The van der Waals surface area contributed by atoms with Crippen LogP contribution in [0.25, 0.3) is 0 Å². The number of hydrogen-bond donors (Lipinski definition) is 2. The molecule has 0 amide bonds. The number of rotatable bonds is 9. The second-order valence-electron chi connectivity index (χ2n) is 6.00. The summed E-state index contributed by atoms with van der Waals surface area (Å²) in [6.45, 7) is 9.64. The smallest absolute Gasteiger partial charge is 0.191 e. The normalized spacial score (nSPS) is 12.5. The van der Waals surface area contributed by atoms with Gasteiger partial charge in [-0.1, -0.05) is 18.2 Å². The van der Waals surface area contributed by atoms with Gasteiger partial charge in [-0.15, -0.1) is 24.0 Å².